The Morgan fingerprint density at radius 1 is 1.35 bits per heavy atom. The van der Waals surface area contributed by atoms with Gasteiger partial charge in [0.25, 0.3) is 5.69 Å². The second-order valence-electron chi connectivity index (χ2n) is 5.75. The molecule has 20 heavy (non-hydrogen) atoms. The molecule has 0 unspecified atom stereocenters. The number of nitro groups is 1. The maximum atomic E-state index is 10.8. The molecule has 0 amide bonds. The topological polar surface area (TPSA) is 55.2 Å². The van der Waals surface area contributed by atoms with Crippen molar-refractivity contribution < 1.29 is 4.92 Å². The number of rotatable bonds is 7. The van der Waals surface area contributed by atoms with Crippen LogP contribution in [0.4, 0.5) is 5.69 Å². The maximum absolute atomic E-state index is 10.8. The Labute approximate surface area is 121 Å². The molecule has 1 N–H and O–H groups in total. The number of hydrogen-bond donors (Lipinski definition) is 1. The van der Waals surface area contributed by atoms with Crippen molar-refractivity contribution in [3.8, 4) is 0 Å². The van der Waals surface area contributed by atoms with E-state index >= 15 is 0 Å². The SMILES string of the molecule is CC(C)CNCC(=Cc1cccc([N+](=O)[O-])c1)C(C)C. The van der Waals surface area contributed by atoms with Gasteiger partial charge in [0, 0.05) is 18.7 Å². The quantitative estimate of drug-likeness (QED) is 0.607. The molecule has 4 heteroatoms. The predicted octanol–water partition coefficient (Wildman–Crippen LogP) is 3.88. The summed E-state index contributed by atoms with van der Waals surface area (Å²) in [7, 11) is 0. The normalized spacial score (nSPS) is 12.2. The minimum Gasteiger partial charge on any atom is -0.313 e. The van der Waals surface area contributed by atoms with Gasteiger partial charge in [-0.1, -0.05) is 51.5 Å². The van der Waals surface area contributed by atoms with Crippen LogP contribution < -0.4 is 5.32 Å². The molecule has 0 fully saturated rings. The van der Waals surface area contributed by atoms with Gasteiger partial charge < -0.3 is 5.32 Å². The van der Waals surface area contributed by atoms with Crippen LogP contribution in [0.2, 0.25) is 0 Å². The highest BCUT2D eigenvalue weighted by Gasteiger charge is 2.07. The minimum atomic E-state index is -0.358. The van der Waals surface area contributed by atoms with E-state index in [2.05, 4.69) is 33.0 Å². The van der Waals surface area contributed by atoms with Crippen LogP contribution in [0.25, 0.3) is 6.08 Å². The average Bonchev–Trinajstić information content (AvgIpc) is 2.37. The highest BCUT2D eigenvalue weighted by atomic mass is 16.6. The number of nitrogens with one attached hydrogen (secondary N) is 1. The summed E-state index contributed by atoms with van der Waals surface area (Å²) in [6.07, 6.45) is 2.05. The molecule has 0 saturated carbocycles. The zero-order valence-electron chi connectivity index (χ0n) is 12.7. The first-order chi connectivity index (χ1) is 9.40. The largest absolute Gasteiger partial charge is 0.313 e. The molecule has 1 rings (SSSR count). The summed E-state index contributed by atoms with van der Waals surface area (Å²) in [5, 5.41) is 14.2. The first kappa shape index (κ1) is 16.4. The van der Waals surface area contributed by atoms with E-state index in [0.29, 0.717) is 11.8 Å². The van der Waals surface area contributed by atoms with E-state index in [1.807, 2.05) is 12.1 Å². The van der Waals surface area contributed by atoms with Gasteiger partial charge in [-0.25, -0.2) is 0 Å². The summed E-state index contributed by atoms with van der Waals surface area (Å²) in [6, 6.07) is 6.76. The summed E-state index contributed by atoms with van der Waals surface area (Å²) in [4.78, 5) is 10.4. The molecule has 0 aliphatic carbocycles. The minimum absolute atomic E-state index is 0.136. The Balaban J connectivity index is 2.85. The number of nitrogens with zero attached hydrogens (tertiary/aromatic N) is 1. The van der Waals surface area contributed by atoms with Gasteiger partial charge in [0.2, 0.25) is 0 Å². The zero-order valence-corrected chi connectivity index (χ0v) is 12.7. The van der Waals surface area contributed by atoms with Crippen molar-refractivity contribution in [2.24, 2.45) is 11.8 Å². The molecule has 0 bridgehead atoms. The highest BCUT2D eigenvalue weighted by Crippen LogP contribution is 2.18. The van der Waals surface area contributed by atoms with Gasteiger partial charge in [-0.3, -0.25) is 10.1 Å². The van der Waals surface area contributed by atoms with Crippen LogP contribution >= 0.6 is 0 Å². The smallest absolute Gasteiger partial charge is 0.270 e. The molecule has 0 atom stereocenters. The first-order valence-corrected chi connectivity index (χ1v) is 7.05. The van der Waals surface area contributed by atoms with Crippen LogP contribution in [0.3, 0.4) is 0 Å². The molecule has 110 valence electrons. The molecule has 0 saturated heterocycles. The Morgan fingerprint density at radius 3 is 2.60 bits per heavy atom. The Kier molecular flexibility index (Phi) is 6.39. The molecule has 0 aliphatic rings. The molecule has 0 aromatic heterocycles. The predicted molar refractivity (Wildman–Crippen MR) is 83.6 cm³/mol. The first-order valence-electron chi connectivity index (χ1n) is 7.05. The fraction of sp³-hybridized carbons (Fsp3) is 0.500. The number of non-ortho nitro benzene ring substituents is 1. The average molecular weight is 276 g/mol. The zero-order chi connectivity index (χ0) is 15.1. The van der Waals surface area contributed by atoms with Crippen molar-refractivity contribution in [1.82, 2.24) is 5.32 Å². The van der Waals surface area contributed by atoms with Crippen molar-refractivity contribution in [3.05, 3.63) is 45.5 Å². The molecule has 1 aromatic carbocycles. The van der Waals surface area contributed by atoms with Gasteiger partial charge in [0.1, 0.15) is 0 Å². The van der Waals surface area contributed by atoms with E-state index in [0.717, 1.165) is 18.7 Å². The fourth-order valence-electron chi connectivity index (χ4n) is 1.87. The molecule has 1 aromatic rings. The lowest BCUT2D eigenvalue weighted by atomic mass is 10.00. The van der Waals surface area contributed by atoms with Gasteiger partial charge in [-0.2, -0.15) is 0 Å². The van der Waals surface area contributed by atoms with E-state index in [-0.39, 0.29) is 10.6 Å². The van der Waals surface area contributed by atoms with Crippen molar-refractivity contribution in [2.45, 2.75) is 27.7 Å². The lowest BCUT2D eigenvalue weighted by Gasteiger charge is -2.14. The summed E-state index contributed by atoms with van der Waals surface area (Å²) < 4.78 is 0. The Bertz CT molecular complexity index is 479. The van der Waals surface area contributed by atoms with E-state index in [1.165, 1.54) is 11.6 Å². The van der Waals surface area contributed by atoms with Gasteiger partial charge >= 0.3 is 0 Å². The second-order valence-corrected chi connectivity index (χ2v) is 5.75. The van der Waals surface area contributed by atoms with Crippen LogP contribution in [0.15, 0.2) is 29.8 Å². The highest BCUT2D eigenvalue weighted by molar-refractivity contribution is 5.56. The maximum Gasteiger partial charge on any atom is 0.270 e. The summed E-state index contributed by atoms with van der Waals surface area (Å²) >= 11 is 0. The third-order valence-corrected chi connectivity index (χ3v) is 3.06. The standard InChI is InChI=1S/C16H24N2O2/c1-12(2)10-17-11-15(13(3)4)8-14-6-5-7-16(9-14)18(19)20/h5-9,12-13,17H,10-11H2,1-4H3. The van der Waals surface area contributed by atoms with E-state index < -0.39 is 0 Å². The van der Waals surface area contributed by atoms with E-state index in [9.17, 15) is 10.1 Å². The van der Waals surface area contributed by atoms with Crippen LogP contribution in [-0.4, -0.2) is 18.0 Å². The van der Waals surface area contributed by atoms with Gasteiger partial charge in [0.05, 0.1) is 4.92 Å². The van der Waals surface area contributed by atoms with Crippen molar-refractivity contribution in [3.63, 3.8) is 0 Å². The van der Waals surface area contributed by atoms with E-state index in [4.69, 9.17) is 0 Å². The molecule has 0 aliphatic heterocycles. The van der Waals surface area contributed by atoms with Gasteiger partial charge in [0.15, 0.2) is 0 Å². The molecule has 0 spiro atoms. The van der Waals surface area contributed by atoms with E-state index in [1.54, 1.807) is 12.1 Å². The lowest BCUT2D eigenvalue weighted by molar-refractivity contribution is -0.384. The molecule has 0 radical (unpaired) electrons. The Morgan fingerprint density at radius 2 is 2.05 bits per heavy atom. The summed E-state index contributed by atoms with van der Waals surface area (Å²) in [5.74, 6) is 1.02. The number of benzene rings is 1. The van der Waals surface area contributed by atoms with Crippen molar-refractivity contribution in [1.29, 1.82) is 0 Å². The lowest BCUT2D eigenvalue weighted by Crippen LogP contribution is -2.23. The van der Waals surface area contributed by atoms with Gasteiger partial charge in [-0.05, 0) is 23.9 Å². The molecule has 0 heterocycles. The van der Waals surface area contributed by atoms with Crippen LogP contribution in [-0.2, 0) is 0 Å². The molecular formula is C16H24N2O2. The molecular weight excluding hydrogens is 252 g/mol. The van der Waals surface area contributed by atoms with Crippen LogP contribution in [0.1, 0.15) is 33.3 Å². The number of nitro benzene ring substituents is 1. The van der Waals surface area contributed by atoms with Crippen LogP contribution in [0.5, 0.6) is 0 Å². The monoisotopic (exact) mass is 276 g/mol. The second kappa shape index (κ2) is 7.80. The number of hydrogen-bond acceptors (Lipinski definition) is 3. The van der Waals surface area contributed by atoms with Crippen molar-refractivity contribution >= 4 is 11.8 Å². The fourth-order valence-corrected chi connectivity index (χ4v) is 1.87. The molecule has 4 nitrogen and oxygen atoms in total. The summed E-state index contributed by atoms with van der Waals surface area (Å²) in [6.45, 7) is 10.4. The summed E-state index contributed by atoms with van der Waals surface area (Å²) in [5.41, 5.74) is 2.28. The van der Waals surface area contributed by atoms with Crippen LogP contribution in [0, 0.1) is 22.0 Å². The Hall–Kier alpha value is -1.68. The third-order valence-electron chi connectivity index (χ3n) is 3.06. The van der Waals surface area contributed by atoms with Crippen molar-refractivity contribution in [2.75, 3.05) is 13.1 Å². The third kappa shape index (κ3) is 5.53. The van der Waals surface area contributed by atoms with Gasteiger partial charge in [-0.15, -0.1) is 0 Å².